The SMILES string of the molecule is CCCCN(CC(=O)N(Cc1cccn1C)CC(C)C)C(=O)Cc1ccc(F)cc1. The van der Waals surface area contributed by atoms with Crippen LogP contribution in [0.4, 0.5) is 4.39 Å². The Morgan fingerprint density at radius 2 is 1.77 bits per heavy atom. The molecule has 1 aromatic heterocycles. The van der Waals surface area contributed by atoms with Crippen LogP contribution in [0.25, 0.3) is 0 Å². The summed E-state index contributed by atoms with van der Waals surface area (Å²) < 4.78 is 15.2. The standard InChI is InChI=1S/C24H34FN3O2/c1-5-6-14-27(23(29)15-20-9-11-21(25)12-10-20)18-24(30)28(16-19(2)3)17-22-8-7-13-26(22)4/h7-13,19H,5-6,14-18H2,1-4H3. The highest BCUT2D eigenvalue weighted by Crippen LogP contribution is 2.11. The van der Waals surface area contributed by atoms with E-state index in [4.69, 9.17) is 0 Å². The van der Waals surface area contributed by atoms with Crippen LogP contribution in [-0.4, -0.2) is 45.8 Å². The molecule has 0 N–H and O–H groups in total. The zero-order valence-electron chi connectivity index (χ0n) is 18.6. The highest BCUT2D eigenvalue weighted by molar-refractivity contribution is 5.86. The predicted octanol–water partition coefficient (Wildman–Crippen LogP) is 4.02. The summed E-state index contributed by atoms with van der Waals surface area (Å²) in [5, 5.41) is 0. The second kappa shape index (κ2) is 11.5. The van der Waals surface area contributed by atoms with E-state index in [9.17, 15) is 14.0 Å². The van der Waals surface area contributed by atoms with Gasteiger partial charge in [0.25, 0.3) is 0 Å². The van der Waals surface area contributed by atoms with E-state index in [2.05, 4.69) is 20.8 Å². The fourth-order valence-corrected chi connectivity index (χ4v) is 3.34. The molecule has 6 heteroatoms. The largest absolute Gasteiger partial charge is 0.353 e. The Bertz CT molecular complexity index is 814. The normalized spacial score (nSPS) is 11.0. The number of nitrogens with zero attached hydrogens (tertiary/aromatic N) is 3. The lowest BCUT2D eigenvalue weighted by atomic mass is 10.1. The Balaban J connectivity index is 2.10. The third-order valence-corrected chi connectivity index (χ3v) is 5.07. The number of hydrogen-bond acceptors (Lipinski definition) is 2. The molecule has 0 bridgehead atoms. The molecule has 0 aliphatic heterocycles. The van der Waals surface area contributed by atoms with Crippen LogP contribution in [0.2, 0.25) is 0 Å². The Kier molecular flexibility index (Phi) is 9.09. The minimum absolute atomic E-state index is 0.0477. The molecule has 2 amide bonds. The first-order chi connectivity index (χ1) is 14.3. The number of aryl methyl sites for hydroxylation is 1. The summed E-state index contributed by atoms with van der Waals surface area (Å²) in [4.78, 5) is 29.6. The van der Waals surface area contributed by atoms with E-state index in [0.29, 0.717) is 25.6 Å². The van der Waals surface area contributed by atoms with Gasteiger partial charge >= 0.3 is 0 Å². The first-order valence-corrected chi connectivity index (χ1v) is 10.7. The summed E-state index contributed by atoms with van der Waals surface area (Å²) in [6, 6.07) is 9.92. The van der Waals surface area contributed by atoms with Gasteiger partial charge in [0.05, 0.1) is 19.5 Å². The predicted molar refractivity (Wildman–Crippen MR) is 117 cm³/mol. The Morgan fingerprint density at radius 1 is 1.07 bits per heavy atom. The number of amides is 2. The van der Waals surface area contributed by atoms with Crippen molar-refractivity contribution < 1.29 is 14.0 Å². The molecule has 0 saturated carbocycles. The molecule has 0 fully saturated rings. The van der Waals surface area contributed by atoms with Crippen molar-refractivity contribution in [1.82, 2.24) is 14.4 Å². The van der Waals surface area contributed by atoms with E-state index in [0.717, 1.165) is 24.1 Å². The van der Waals surface area contributed by atoms with E-state index in [1.165, 1.54) is 12.1 Å². The molecule has 2 rings (SSSR count). The summed E-state index contributed by atoms with van der Waals surface area (Å²) in [5.41, 5.74) is 1.81. The van der Waals surface area contributed by atoms with Gasteiger partial charge in [-0.25, -0.2) is 4.39 Å². The summed E-state index contributed by atoms with van der Waals surface area (Å²) in [6.45, 7) is 8.00. The fraction of sp³-hybridized carbons (Fsp3) is 0.500. The number of carbonyl (C=O) groups is 2. The van der Waals surface area contributed by atoms with Crippen LogP contribution < -0.4 is 0 Å². The van der Waals surface area contributed by atoms with Crippen LogP contribution in [0.3, 0.4) is 0 Å². The smallest absolute Gasteiger partial charge is 0.242 e. The van der Waals surface area contributed by atoms with Gasteiger partial charge in [-0.05, 0) is 42.2 Å². The van der Waals surface area contributed by atoms with Crippen molar-refractivity contribution in [3.63, 3.8) is 0 Å². The minimum atomic E-state index is -0.325. The van der Waals surface area contributed by atoms with Crippen LogP contribution in [0, 0.1) is 11.7 Å². The molecule has 0 atom stereocenters. The highest BCUT2D eigenvalue weighted by Gasteiger charge is 2.22. The van der Waals surface area contributed by atoms with Crippen molar-refractivity contribution in [1.29, 1.82) is 0 Å². The van der Waals surface area contributed by atoms with E-state index < -0.39 is 0 Å². The molecular formula is C24H34FN3O2. The Labute approximate surface area is 179 Å². The maximum absolute atomic E-state index is 13.2. The van der Waals surface area contributed by atoms with Gasteiger partial charge in [-0.3, -0.25) is 9.59 Å². The monoisotopic (exact) mass is 415 g/mol. The lowest BCUT2D eigenvalue weighted by molar-refractivity contribution is -0.141. The molecule has 0 radical (unpaired) electrons. The molecule has 1 aromatic carbocycles. The van der Waals surface area contributed by atoms with Gasteiger partial charge in [0.1, 0.15) is 5.82 Å². The molecular weight excluding hydrogens is 381 g/mol. The molecule has 0 saturated heterocycles. The zero-order valence-corrected chi connectivity index (χ0v) is 18.6. The van der Waals surface area contributed by atoms with Crippen molar-refractivity contribution >= 4 is 11.8 Å². The lowest BCUT2D eigenvalue weighted by Crippen LogP contribution is -2.44. The van der Waals surface area contributed by atoms with Crippen LogP contribution in [0.1, 0.15) is 44.9 Å². The first-order valence-electron chi connectivity index (χ1n) is 10.7. The van der Waals surface area contributed by atoms with Gasteiger partial charge in [-0.15, -0.1) is 0 Å². The summed E-state index contributed by atoms with van der Waals surface area (Å²) in [7, 11) is 1.97. The molecule has 0 unspecified atom stereocenters. The maximum Gasteiger partial charge on any atom is 0.242 e. The fourth-order valence-electron chi connectivity index (χ4n) is 3.34. The number of unbranched alkanes of at least 4 members (excludes halogenated alkanes) is 1. The van der Waals surface area contributed by atoms with Crippen LogP contribution in [-0.2, 0) is 29.6 Å². The summed E-state index contributed by atoms with van der Waals surface area (Å²) in [5.74, 6) is -0.150. The quantitative estimate of drug-likeness (QED) is 0.556. The van der Waals surface area contributed by atoms with Gasteiger partial charge < -0.3 is 14.4 Å². The van der Waals surface area contributed by atoms with Gasteiger partial charge in [-0.1, -0.05) is 39.3 Å². The highest BCUT2D eigenvalue weighted by atomic mass is 19.1. The molecule has 2 aromatic rings. The van der Waals surface area contributed by atoms with Gasteiger partial charge in [0, 0.05) is 32.0 Å². The van der Waals surface area contributed by atoms with Crippen molar-refractivity contribution in [3.8, 4) is 0 Å². The summed E-state index contributed by atoms with van der Waals surface area (Å²) >= 11 is 0. The minimum Gasteiger partial charge on any atom is -0.353 e. The van der Waals surface area contributed by atoms with E-state index in [-0.39, 0.29) is 30.6 Å². The number of aromatic nitrogens is 1. The molecule has 5 nitrogen and oxygen atoms in total. The molecule has 0 aliphatic carbocycles. The van der Waals surface area contributed by atoms with Crippen molar-refractivity contribution in [2.24, 2.45) is 13.0 Å². The average Bonchev–Trinajstić information content (AvgIpc) is 3.10. The second-order valence-electron chi connectivity index (χ2n) is 8.25. The number of benzene rings is 1. The lowest BCUT2D eigenvalue weighted by Gasteiger charge is -2.29. The topological polar surface area (TPSA) is 45.6 Å². The van der Waals surface area contributed by atoms with E-state index in [1.54, 1.807) is 17.0 Å². The molecule has 1 heterocycles. The number of rotatable bonds is 11. The zero-order chi connectivity index (χ0) is 22.1. The van der Waals surface area contributed by atoms with Gasteiger partial charge in [-0.2, -0.15) is 0 Å². The third kappa shape index (κ3) is 7.32. The number of hydrogen-bond donors (Lipinski definition) is 0. The first kappa shape index (κ1) is 23.6. The van der Waals surface area contributed by atoms with Crippen LogP contribution in [0.5, 0.6) is 0 Å². The second-order valence-corrected chi connectivity index (χ2v) is 8.25. The molecule has 164 valence electrons. The maximum atomic E-state index is 13.2. The van der Waals surface area contributed by atoms with Gasteiger partial charge in [0.15, 0.2) is 0 Å². The number of halogens is 1. The molecule has 30 heavy (non-hydrogen) atoms. The molecule has 0 spiro atoms. The third-order valence-electron chi connectivity index (χ3n) is 5.07. The van der Waals surface area contributed by atoms with Crippen molar-refractivity contribution in [3.05, 3.63) is 59.7 Å². The number of carbonyl (C=O) groups excluding carboxylic acids is 2. The van der Waals surface area contributed by atoms with Crippen LogP contribution >= 0.6 is 0 Å². The van der Waals surface area contributed by atoms with Gasteiger partial charge in [0.2, 0.25) is 11.8 Å². The van der Waals surface area contributed by atoms with E-state index >= 15 is 0 Å². The average molecular weight is 416 g/mol. The van der Waals surface area contributed by atoms with Crippen molar-refractivity contribution in [2.45, 2.75) is 46.6 Å². The van der Waals surface area contributed by atoms with Crippen molar-refractivity contribution in [2.75, 3.05) is 19.6 Å². The Hall–Kier alpha value is -2.63. The molecule has 0 aliphatic rings. The van der Waals surface area contributed by atoms with Crippen LogP contribution in [0.15, 0.2) is 42.6 Å². The summed E-state index contributed by atoms with van der Waals surface area (Å²) in [6.07, 6.45) is 3.91. The van der Waals surface area contributed by atoms with E-state index in [1.807, 2.05) is 34.8 Å². The Morgan fingerprint density at radius 3 is 2.33 bits per heavy atom.